The van der Waals surface area contributed by atoms with Crippen molar-refractivity contribution in [1.29, 1.82) is 0 Å². The number of carbonyl (C=O) groups excluding carboxylic acids is 1. The van der Waals surface area contributed by atoms with Gasteiger partial charge < -0.3 is 0 Å². The van der Waals surface area contributed by atoms with Crippen molar-refractivity contribution in [2.45, 2.75) is 77.6 Å². The van der Waals surface area contributed by atoms with E-state index in [0.29, 0.717) is 17.6 Å². The van der Waals surface area contributed by atoms with Crippen molar-refractivity contribution in [3.05, 3.63) is 34.9 Å². The zero-order chi connectivity index (χ0) is 17.4. The molecule has 4 atom stereocenters. The summed E-state index contributed by atoms with van der Waals surface area (Å²) in [5, 5.41) is 0. The standard InChI is InChI=1S/C24H30O/c1-3-4-5-6-7-17-8-10-19-18(16-17)9-11-21-20(19)14-15-24(2)22(21)12-13-23(24)25/h8,10,16,20-22H,3-5,9,11-15H2,1-2H3/t20-,21-,22+,24+/m1/s1. The van der Waals surface area contributed by atoms with Crippen LogP contribution in [0.5, 0.6) is 0 Å². The molecule has 1 nitrogen and oxygen atoms in total. The summed E-state index contributed by atoms with van der Waals surface area (Å²) in [4.78, 5) is 12.4. The quantitative estimate of drug-likeness (QED) is 0.504. The minimum atomic E-state index is -0.0106. The molecular formula is C24H30O. The zero-order valence-electron chi connectivity index (χ0n) is 15.7. The van der Waals surface area contributed by atoms with E-state index in [1.54, 1.807) is 5.56 Å². The molecule has 132 valence electrons. The van der Waals surface area contributed by atoms with Crippen LogP contribution < -0.4 is 0 Å². The Morgan fingerprint density at radius 2 is 2.08 bits per heavy atom. The van der Waals surface area contributed by atoms with Crippen LogP contribution in [-0.4, -0.2) is 5.78 Å². The molecule has 4 rings (SSSR count). The van der Waals surface area contributed by atoms with E-state index in [0.717, 1.165) is 31.6 Å². The van der Waals surface area contributed by atoms with Crippen LogP contribution in [0.2, 0.25) is 0 Å². The van der Waals surface area contributed by atoms with E-state index < -0.39 is 0 Å². The summed E-state index contributed by atoms with van der Waals surface area (Å²) >= 11 is 0. The number of hydrogen-bond donors (Lipinski definition) is 0. The second kappa shape index (κ2) is 6.64. The molecule has 0 aliphatic heterocycles. The second-order valence-corrected chi connectivity index (χ2v) is 8.65. The summed E-state index contributed by atoms with van der Waals surface area (Å²) in [6, 6.07) is 6.93. The Balaban J connectivity index is 1.57. The van der Waals surface area contributed by atoms with E-state index in [1.807, 2.05) is 0 Å². The molecule has 0 spiro atoms. The minimum absolute atomic E-state index is 0.0106. The Morgan fingerprint density at radius 3 is 2.92 bits per heavy atom. The fraction of sp³-hybridized carbons (Fsp3) is 0.625. The highest BCUT2D eigenvalue weighted by molar-refractivity contribution is 5.87. The molecule has 0 unspecified atom stereocenters. The first kappa shape index (κ1) is 16.9. The normalized spacial score (nSPS) is 33.0. The number of fused-ring (bicyclic) bond motifs is 5. The van der Waals surface area contributed by atoms with Crippen molar-refractivity contribution in [2.75, 3.05) is 0 Å². The molecule has 0 heterocycles. The van der Waals surface area contributed by atoms with Gasteiger partial charge in [0.25, 0.3) is 0 Å². The number of carbonyl (C=O) groups is 1. The lowest BCUT2D eigenvalue weighted by molar-refractivity contribution is -0.129. The van der Waals surface area contributed by atoms with Crippen molar-refractivity contribution in [2.24, 2.45) is 17.3 Å². The number of unbranched alkanes of at least 4 members (excludes halogenated alkanes) is 2. The largest absolute Gasteiger partial charge is 0.299 e. The summed E-state index contributed by atoms with van der Waals surface area (Å²) in [6.45, 7) is 4.47. The van der Waals surface area contributed by atoms with Crippen molar-refractivity contribution < 1.29 is 4.79 Å². The Labute approximate surface area is 152 Å². The maximum Gasteiger partial charge on any atom is 0.139 e. The molecule has 0 N–H and O–H groups in total. The maximum atomic E-state index is 12.4. The topological polar surface area (TPSA) is 17.1 Å². The van der Waals surface area contributed by atoms with Crippen molar-refractivity contribution in [3.63, 3.8) is 0 Å². The fourth-order valence-corrected chi connectivity index (χ4v) is 5.86. The number of hydrogen-bond acceptors (Lipinski definition) is 1. The predicted molar refractivity (Wildman–Crippen MR) is 102 cm³/mol. The second-order valence-electron chi connectivity index (χ2n) is 8.65. The molecule has 25 heavy (non-hydrogen) atoms. The third-order valence-corrected chi connectivity index (χ3v) is 7.32. The molecule has 0 aromatic heterocycles. The van der Waals surface area contributed by atoms with E-state index in [-0.39, 0.29) is 5.41 Å². The Hall–Kier alpha value is -1.55. The highest BCUT2D eigenvalue weighted by atomic mass is 16.1. The first-order valence-corrected chi connectivity index (χ1v) is 10.3. The SMILES string of the molecule is CCCCC#Cc1ccc2c(c1)CC[C@@H]1[C@@H]2CC[C@]2(C)C(=O)CC[C@@H]12. The molecule has 3 aliphatic rings. The molecule has 3 aliphatic carbocycles. The number of ketones is 1. The van der Waals surface area contributed by atoms with Crippen LogP contribution in [0.25, 0.3) is 0 Å². The summed E-state index contributed by atoms with van der Waals surface area (Å²) < 4.78 is 0. The van der Waals surface area contributed by atoms with Gasteiger partial charge in [-0.15, -0.1) is 0 Å². The van der Waals surface area contributed by atoms with Crippen LogP contribution in [0.15, 0.2) is 18.2 Å². The molecule has 2 saturated carbocycles. The molecule has 1 aromatic carbocycles. The monoisotopic (exact) mass is 334 g/mol. The maximum absolute atomic E-state index is 12.4. The summed E-state index contributed by atoms with van der Waals surface area (Å²) in [6.07, 6.45) is 10.1. The summed E-state index contributed by atoms with van der Waals surface area (Å²) in [5.74, 6) is 9.24. The fourth-order valence-electron chi connectivity index (χ4n) is 5.86. The van der Waals surface area contributed by atoms with Gasteiger partial charge in [0.05, 0.1) is 0 Å². The van der Waals surface area contributed by atoms with Gasteiger partial charge >= 0.3 is 0 Å². The van der Waals surface area contributed by atoms with E-state index in [9.17, 15) is 4.79 Å². The van der Waals surface area contributed by atoms with Gasteiger partial charge in [0, 0.05) is 23.8 Å². The van der Waals surface area contributed by atoms with Gasteiger partial charge in [0.15, 0.2) is 0 Å². The van der Waals surface area contributed by atoms with Gasteiger partial charge in [0.1, 0.15) is 5.78 Å². The smallest absolute Gasteiger partial charge is 0.139 e. The molecule has 0 amide bonds. The van der Waals surface area contributed by atoms with Crippen molar-refractivity contribution >= 4 is 5.78 Å². The Morgan fingerprint density at radius 1 is 1.20 bits per heavy atom. The number of rotatable bonds is 2. The molecule has 2 fully saturated rings. The van der Waals surface area contributed by atoms with E-state index >= 15 is 0 Å². The van der Waals surface area contributed by atoms with Gasteiger partial charge in [-0.3, -0.25) is 4.79 Å². The third kappa shape index (κ3) is 2.84. The molecule has 1 heteroatoms. The lowest BCUT2D eigenvalue weighted by Gasteiger charge is -2.48. The zero-order valence-corrected chi connectivity index (χ0v) is 15.7. The van der Waals surface area contributed by atoms with Gasteiger partial charge in [-0.1, -0.05) is 38.2 Å². The first-order chi connectivity index (χ1) is 12.1. The average molecular weight is 335 g/mol. The average Bonchev–Trinajstić information content (AvgIpc) is 2.93. The van der Waals surface area contributed by atoms with Crippen LogP contribution in [0.1, 0.15) is 87.8 Å². The lowest BCUT2D eigenvalue weighted by atomic mass is 9.55. The summed E-state index contributed by atoms with van der Waals surface area (Å²) in [5.41, 5.74) is 4.27. The van der Waals surface area contributed by atoms with Gasteiger partial charge in [-0.25, -0.2) is 0 Å². The van der Waals surface area contributed by atoms with E-state index in [1.165, 1.54) is 43.2 Å². The third-order valence-electron chi connectivity index (χ3n) is 7.32. The lowest BCUT2D eigenvalue weighted by Crippen LogP contribution is -2.42. The summed E-state index contributed by atoms with van der Waals surface area (Å²) in [7, 11) is 0. The first-order valence-electron chi connectivity index (χ1n) is 10.3. The van der Waals surface area contributed by atoms with E-state index in [4.69, 9.17) is 0 Å². The van der Waals surface area contributed by atoms with E-state index in [2.05, 4.69) is 43.9 Å². The number of benzene rings is 1. The minimum Gasteiger partial charge on any atom is -0.299 e. The van der Waals surface area contributed by atoms with Gasteiger partial charge in [-0.2, -0.15) is 0 Å². The highest BCUT2D eigenvalue weighted by Crippen LogP contribution is 2.59. The van der Waals surface area contributed by atoms with Gasteiger partial charge in [0.2, 0.25) is 0 Å². The Bertz CT molecular complexity index is 734. The van der Waals surface area contributed by atoms with Crippen molar-refractivity contribution in [1.82, 2.24) is 0 Å². The van der Waals surface area contributed by atoms with Crippen molar-refractivity contribution in [3.8, 4) is 11.8 Å². The molecule has 0 bridgehead atoms. The van der Waals surface area contributed by atoms with Crippen LogP contribution in [0.4, 0.5) is 0 Å². The van der Waals surface area contributed by atoms with Crippen LogP contribution in [0, 0.1) is 29.1 Å². The predicted octanol–water partition coefficient (Wildman–Crippen LogP) is 5.65. The molecule has 0 radical (unpaired) electrons. The number of aryl methyl sites for hydroxylation is 1. The Kier molecular flexibility index (Phi) is 4.48. The molecular weight excluding hydrogens is 304 g/mol. The van der Waals surface area contributed by atoms with Crippen LogP contribution >= 0.6 is 0 Å². The number of Topliss-reactive ketones (excluding diaryl/α,β-unsaturated/α-hetero) is 1. The highest BCUT2D eigenvalue weighted by Gasteiger charge is 2.54. The van der Waals surface area contributed by atoms with Crippen LogP contribution in [-0.2, 0) is 11.2 Å². The van der Waals surface area contributed by atoms with Gasteiger partial charge in [-0.05, 0) is 79.5 Å². The molecule has 1 aromatic rings. The molecule has 0 saturated heterocycles. The van der Waals surface area contributed by atoms with Crippen LogP contribution in [0.3, 0.4) is 0 Å².